The molecular weight excluding hydrogens is 338 g/mol. The molecule has 1 aromatic rings. The second-order valence-corrected chi connectivity index (χ2v) is 7.01. The van der Waals surface area contributed by atoms with Gasteiger partial charge in [-0.25, -0.2) is 0 Å². The molecule has 1 saturated carbocycles. The minimum absolute atomic E-state index is 0.395. The summed E-state index contributed by atoms with van der Waals surface area (Å²) in [5.74, 6) is 1.73. The van der Waals surface area contributed by atoms with Gasteiger partial charge in [0, 0.05) is 38.9 Å². The highest BCUT2D eigenvalue weighted by molar-refractivity contribution is 6.30. The Kier molecular flexibility index (Phi) is 7.85. The van der Waals surface area contributed by atoms with Gasteiger partial charge in [0.1, 0.15) is 12.4 Å². The van der Waals surface area contributed by atoms with Crippen LogP contribution in [0.3, 0.4) is 0 Å². The first-order valence-corrected chi connectivity index (χ1v) is 9.34. The summed E-state index contributed by atoms with van der Waals surface area (Å²) in [6.07, 6.45) is 3.66. The van der Waals surface area contributed by atoms with Crippen molar-refractivity contribution >= 4 is 17.6 Å². The number of ether oxygens (including phenoxy) is 2. The maximum absolute atomic E-state index is 5.88. The second-order valence-electron chi connectivity index (χ2n) is 6.57. The molecule has 140 valence electrons. The van der Waals surface area contributed by atoms with E-state index in [1.165, 1.54) is 12.8 Å². The number of hydrogen-bond acceptors (Lipinski definition) is 3. The van der Waals surface area contributed by atoms with Crippen molar-refractivity contribution in [2.24, 2.45) is 10.4 Å². The Morgan fingerprint density at radius 3 is 2.60 bits per heavy atom. The van der Waals surface area contributed by atoms with Crippen molar-refractivity contribution in [3.05, 3.63) is 29.3 Å². The topological polar surface area (TPSA) is 46.1 Å². The lowest BCUT2D eigenvalue weighted by atomic mass is 10.0. The quantitative estimate of drug-likeness (QED) is 0.391. The lowest BCUT2D eigenvalue weighted by Gasteiger charge is -2.24. The van der Waals surface area contributed by atoms with Crippen molar-refractivity contribution in [3.8, 4) is 5.75 Å². The van der Waals surface area contributed by atoms with Crippen molar-refractivity contribution in [2.45, 2.75) is 26.2 Å². The van der Waals surface area contributed by atoms with Crippen LogP contribution in [-0.2, 0) is 4.74 Å². The molecule has 0 heterocycles. The van der Waals surface area contributed by atoms with E-state index in [0.29, 0.717) is 17.0 Å². The highest BCUT2D eigenvalue weighted by Gasteiger charge is 2.42. The van der Waals surface area contributed by atoms with E-state index in [-0.39, 0.29) is 0 Å². The van der Waals surface area contributed by atoms with Crippen LogP contribution in [0.1, 0.15) is 26.2 Å². The fourth-order valence-electron chi connectivity index (χ4n) is 2.71. The number of likely N-dealkylation sites (N-methyl/N-ethyl adjacent to an activating group) is 1. The molecule has 1 aromatic carbocycles. The van der Waals surface area contributed by atoms with Gasteiger partial charge >= 0.3 is 0 Å². The van der Waals surface area contributed by atoms with Gasteiger partial charge in [0.2, 0.25) is 0 Å². The maximum atomic E-state index is 5.88. The first kappa shape index (κ1) is 19.9. The molecule has 1 aliphatic rings. The highest BCUT2D eigenvalue weighted by Crippen LogP contribution is 2.48. The molecule has 0 aromatic heterocycles. The van der Waals surface area contributed by atoms with Crippen LogP contribution in [0, 0.1) is 5.41 Å². The van der Waals surface area contributed by atoms with E-state index >= 15 is 0 Å². The fourth-order valence-corrected chi connectivity index (χ4v) is 2.84. The van der Waals surface area contributed by atoms with Crippen LogP contribution < -0.4 is 10.1 Å². The van der Waals surface area contributed by atoms with Gasteiger partial charge in [0.05, 0.1) is 6.54 Å². The van der Waals surface area contributed by atoms with Crippen LogP contribution in [0.2, 0.25) is 5.02 Å². The number of nitrogens with zero attached hydrogens (tertiary/aromatic N) is 2. The number of aliphatic imine (C=N–C) groups is 1. The molecule has 6 heteroatoms. The third-order valence-corrected chi connectivity index (χ3v) is 4.89. The molecule has 25 heavy (non-hydrogen) atoms. The highest BCUT2D eigenvalue weighted by atomic mass is 35.5. The molecule has 0 saturated heterocycles. The zero-order chi connectivity index (χ0) is 18.1. The van der Waals surface area contributed by atoms with Gasteiger partial charge < -0.3 is 19.7 Å². The summed E-state index contributed by atoms with van der Waals surface area (Å²) in [5, 5.41) is 4.22. The summed E-state index contributed by atoms with van der Waals surface area (Å²) in [4.78, 5) is 6.47. The van der Waals surface area contributed by atoms with E-state index in [2.05, 4.69) is 15.2 Å². The van der Waals surface area contributed by atoms with Crippen molar-refractivity contribution in [1.29, 1.82) is 0 Å². The molecule has 1 N–H and O–H groups in total. The van der Waals surface area contributed by atoms with Gasteiger partial charge in [-0.1, -0.05) is 11.6 Å². The van der Waals surface area contributed by atoms with Crippen LogP contribution in [0.25, 0.3) is 0 Å². The molecule has 0 atom stereocenters. The smallest absolute Gasteiger partial charge is 0.193 e. The van der Waals surface area contributed by atoms with Crippen molar-refractivity contribution < 1.29 is 9.47 Å². The number of halogens is 1. The number of rotatable bonds is 10. The molecule has 0 radical (unpaired) electrons. The first-order valence-electron chi connectivity index (χ1n) is 8.96. The number of benzene rings is 1. The van der Waals surface area contributed by atoms with Crippen LogP contribution in [-0.4, -0.2) is 57.9 Å². The van der Waals surface area contributed by atoms with Gasteiger partial charge in [-0.05, 0) is 55.9 Å². The number of hydrogen-bond donors (Lipinski definition) is 1. The Morgan fingerprint density at radius 2 is 2.00 bits per heavy atom. The van der Waals surface area contributed by atoms with E-state index in [1.54, 1.807) is 0 Å². The molecule has 0 unspecified atom stereocenters. The van der Waals surface area contributed by atoms with Crippen molar-refractivity contribution in [1.82, 2.24) is 10.2 Å². The Balaban J connectivity index is 1.69. The monoisotopic (exact) mass is 367 g/mol. The van der Waals surface area contributed by atoms with Crippen LogP contribution in [0.5, 0.6) is 5.75 Å². The molecule has 5 nitrogen and oxygen atoms in total. The van der Waals surface area contributed by atoms with E-state index in [9.17, 15) is 0 Å². The minimum atomic E-state index is 0.395. The molecule has 0 aliphatic heterocycles. The summed E-state index contributed by atoms with van der Waals surface area (Å²) in [6, 6.07) is 7.42. The van der Waals surface area contributed by atoms with E-state index in [1.807, 2.05) is 45.3 Å². The number of nitrogens with one attached hydrogen (secondary N) is 1. The first-order chi connectivity index (χ1) is 12.1. The maximum Gasteiger partial charge on any atom is 0.193 e. The van der Waals surface area contributed by atoms with Gasteiger partial charge in [0.15, 0.2) is 5.96 Å². The average Bonchev–Trinajstić information content (AvgIpc) is 3.37. The van der Waals surface area contributed by atoms with E-state index in [4.69, 9.17) is 21.1 Å². The van der Waals surface area contributed by atoms with Crippen LogP contribution in [0.15, 0.2) is 29.3 Å². The average molecular weight is 368 g/mol. The zero-order valence-electron chi connectivity index (χ0n) is 15.6. The predicted molar refractivity (Wildman–Crippen MR) is 104 cm³/mol. The summed E-state index contributed by atoms with van der Waals surface area (Å²) in [6.45, 7) is 5.99. The van der Waals surface area contributed by atoms with E-state index in [0.717, 1.165) is 44.4 Å². The second kappa shape index (κ2) is 9.88. The lowest BCUT2D eigenvalue weighted by molar-refractivity contribution is 0.128. The Bertz CT molecular complexity index is 544. The molecule has 2 rings (SSSR count). The lowest BCUT2D eigenvalue weighted by Crippen LogP contribution is -2.43. The summed E-state index contributed by atoms with van der Waals surface area (Å²) < 4.78 is 11.2. The fraction of sp³-hybridized carbons (Fsp3) is 0.632. The third-order valence-electron chi connectivity index (χ3n) is 4.64. The SMILES string of the molecule is CCOCCC1(CNC(=NC)N(C)CCOc2ccc(Cl)cc2)CC1. The third kappa shape index (κ3) is 6.75. The summed E-state index contributed by atoms with van der Waals surface area (Å²) >= 11 is 5.88. The van der Waals surface area contributed by atoms with Crippen molar-refractivity contribution in [3.63, 3.8) is 0 Å². The van der Waals surface area contributed by atoms with Gasteiger partial charge in [-0.3, -0.25) is 4.99 Å². The Hall–Kier alpha value is -1.46. The van der Waals surface area contributed by atoms with E-state index < -0.39 is 0 Å². The Labute approximate surface area is 156 Å². The summed E-state index contributed by atoms with van der Waals surface area (Å²) in [7, 11) is 3.85. The Morgan fingerprint density at radius 1 is 1.28 bits per heavy atom. The molecule has 1 aliphatic carbocycles. The van der Waals surface area contributed by atoms with Gasteiger partial charge in [0.25, 0.3) is 0 Å². The van der Waals surface area contributed by atoms with Gasteiger partial charge in [-0.15, -0.1) is 0 Å². The molecule has 1 fully saturated rings. The zero-order valence-corrected chi connectivity index (χ0v) is 16.3. The standard InChI is InChI=1S/C19H30ClN3O2/c1-4-24-13-11-19(9-10-19)15-22-18(21-2)23(3)12-14-25-17-7-5-16(20)6-8-17/h5-8H,4,9-15H2,1-3H3,(H,21,22). The molecule has 0 spiro atoms. The predicted octanol–water partition coefficient (Wildman–Crippen LogP) is 3.43. The molecule has 0 bridgehead atoms. The minimum Gasteiger partial charge on any atom is -0.492 e. The van der Waals surface area contributed by atoms with Crippen LogP contribution in [0.4, 0.5) is 0 Å². The van der Waals surface area contributed by atoms with Gasteiger partial charge in [-0.2, -0.15) is 0 Å². The molecular formula is C19H30ClN3O2. The van der Waals surface area contributed by atoms with Crippen molar-refractivity contribution in [2.75, 3.05) is 47.0 Å². The molecule has 0 amide bonds. The van der Waals surface area contributed by atoms with Crippen LogP contribution >= 0.6 is 11.6 Å². The normalized spacial score (nSPS) is 15.8. The largest absolute Gasteiger partial charge is 0.492 e. The summed E-state index contributed by atoms with van der Waals surface area (Å²) in [5.41, 5.74) is 0.395. The number of guanidine groups is 1.